The summed E-state index contributed by atoms with van der Waals surface area (Å²) >= 11 is 0. The highest BCUT2D eigenvalue weighted by molar-refractivity contribution is 5.79. The third-order valence-electron chi connectivity index (χ3n) is 3.70. The summed E-state index contributed by atoms with van der Waals surface area (Å²) in [6, 6.07) is 10.00. The number of fused-ring (bicyclic) bond motifs is 1. The molecule has 98 valence electrons. The number of hydrogen-bond donors (Lipinski definition) is 2. The molecule has 2 aromatic rings. The number of H-pyrrole nitrogens is 1. The monoisotopic (exact) mass is 255 g/mol. The number of hydrogen-bond acceptors (Lipinski definition) is 2. The first kappa shape index (κ1) is 12.0. The summed E-state index contributed by atoms with van der Waals surface area (Å²) in [5.41, 5.74) is 3.51. The smallest absolute Gasteiger partial charge is 0.223 e. The number of nitrogens with zero attached hydrogens (tertiary/aromatic N) is 1. The summed E-state index contributed by atoms with van der Waals surface area (Å²) in [5.74, 6) is 0.226. The van der Waals surface area contributed by atoms with Gasteiger partial charge in [0.15, 0.2) is 0 Å². The second-order valence-electron chi connectivity index (χ2n) is 5.02. The van der Waals surface area contributed by atoms with E-state index in [1.54, 1.807) is 0 Å². The standard InChI is InChI=1S/C15H17N3O/c19-15(16-9-11-4-2-1-3-5-11)12-6-7-14-13(8-12)10-17-18-14/h1-5,10,12H,6-9H2,(H,16,19)(H,17,18). The SMILES string of the molecule is O=C(NCc1ccccc1)C1CCc2[nH]ncc2C1. The van der Waals surface area contributed by atoms with E-state index in [1.165, 1.54) is 11.3 Å². The number of aromatic nitrogens is 2. The second kappa shape index (κ2) is 5.26. The molecule has 1 amide bonds. The quantitative estimate of drug-likeness (QED) is 0.879. The topological polar surface area (TPSA) is 57.8 Å². The minimum absolute atomic E-state index is 0.0776. The summed E-state index contributed by atoms with van der Waals surface area (Å²) in [7, 11) is 0. The molecule has 1 unspecified atom stereocenters. The lowest BCUT2D eigenvalue weighted by molar-refractivity contribution is -0.125. The van der Waals surface area contributed by atoms with Crippen LogP contribution in [0.1, 0.15) is 23.2 Å². The molecule has 0 saturated heterocycles. The molecule has 2 N–H and O–H groups in total. The van der Waals surface area contributed by atoms with Crippen LogP contribution in [0.3, 0.4) is 0 Å². The molecule has 0 radical (unpaired) electrons. The van der Waals surface area contributed by atoms with Crippen molar-refractivity contribution in [3.63, 3.8) is 0 Å². The lowest BCUT2D eigenvalue weighted by atomic mass is 9.87. The van der Waals surface area contributed by atoms with Gasteiger partial charge in [0.1, 0.15) is 0 Å². The van der Waals surface area contributed by atoms with Crippen molar-refractivity contribution in [1.82, 2.24) is 15.5 Å². The lowest BCUT2D eigenvalue weighted by Crippen LogP contribution is -2.33. The van der Waals surface area contributed by atoms with E-state index in [9.17, 15) is 4.79 Å². The van der Waals surface area contributed by atoms with Crippen LogP contribution in [0, 0.1) is 5.92 Å². The third-order valence-corrected chi connectivity index (χ3v) is 3.70. The fourth-order valence-corrected chi connectivity index (χ4v) is 2.57. The molecule has 1 aliphatic carbocycles. The Labute approximate surface area is 112 Å². The molecule has 19 heavy (non-hydrogen) atoms. The summed E-state index contributed by atoms with van der Waals surface area (Å²) in [6.07, 6.45) is 4.45. The first-order valence-electron chi connectivity index (χ1n) is 6.65. The lowest BCUT2D eigenvalue weighted by Gasteiger charge is -2.20. The zero-order chi connectivity index (χ0) is 13.1. The summed E-state index contributed by atoms with van der Waals surface area (Å²) in [5, 5.41) is 10.0. The molecule has 4 heteroatoms. The van der Waals surface area contributed by atoms with Crippen LogP contribution in [0.5, 0.6) is 0 Å². The Hall–Kier alpha value is -2.10. The Morgan fingerprint density at radius 1 is 1.37 bits per heavy atom. The van der Waals surface area contributed by atoms with Gasteiger partial charge in [-0.15, -0.1) is 0 Å². The molecule has 0 fully saturated rings. The molecule has 1 atom stereocenters. The molecule has 0 spiro atoms. The number of amides is 1. The van der Waals surface area contributed by atoms with Crippen molar-refractivity contribution in [1.29, 1.82) is 0 Å². The molecule has 0 saturated carbocycles. The largest absolute Gasteiger partial charge is 0.352 e. The third kappa shape index (κ3) is 2.67. The highest BCUT2D eigenvalue weighted by atomic mass is 16.1. The molecular formula is C15H17N3O. The van der Waals surface area contributed by atoms with E-state index in [1.807, 2.05) is 36.5 Å². The Kier molecular flexibility index (Phi) is 3.31. The molecule has 1 aliphatic rings. The zero-order valence-electron chi connectivity index (χ0n) is 10.7. The molecular weight excluding hydrogens is 238 g/mol. The van der Waals surface area contributed by atoms with Crippen molar-refractivity contribution in [3.05, 3.63) is 53.3 Å². The summed E-state index contributed by atoms with van der Waals surface area (Å²) in [6.45, 7) is 0.606. The Morgan fingerprint density at radius 2 is 2.21 bits per heavy atom. The van der Waals surface area contributed by atoms with Gasteiger partial charge in [0, 0.05) is 18.2 Å². The van der Waals surface area contributed by atoms with E-state index < -0.39 is 0 Å². The van der Waals surface area contributed by atoms with Gasteiger partial charge >= 0.3 is 0 Å². The van der Waals surface area contributed by atoms with Gasteiger partial charge in [-0.1, -0.05) is 30.3 Å². The van der Waals surface area contributed by atoms with E-state index in [4.69, 9.17) is 0 Å². The van der Waals surface area contributed by atoms with E-state index >= 15 is 0 Å². The molecule has 1 heterocycles. The van der Waals surface area contributed by atoms with Crippen LogP contribution in [0.25, 0.3) is 0 Å². The van der Waals surface area contributed by atoms with E-state index in [-0.39, 0.29) is 11.8 Å². The predicted octanol–water partition coefficient (Wildman–Crippen LogP) is 1.83. The van der Waals surface area contributed by atoms with Gasteiger partial charge in [0.25, 0.3) is 0 Å². The van der Waals surface area contributed by atoms with Crippen molar-refractivity contribution in [2.45, 2.75) is 25.8 Å². The van der Waals surface area contributed by atoms with Gasteiger partial charge in [-0.2, -0.15) is 5.10 Å². The van der Waals surface area contributed by atoms with Crippen LogP contribution in [0.15, 0.2) is 36.5 Å². The maximum absolute atomic E-state index is 12.2. The second-order valence-corrected chi connectivity index (χ2v) is 5.02. The predicted molar refractivity (Wildman–Crippen MR) is 72.4 cm³/mol. The average molecular weight is 255 g/mol. The fraction of sp³-hybridized carbons (Fsp3) is 0.333. The zero-order valence-corrected chi connectivity index (χ0v) is 10.7. The van der Waals surface area contributed by atoms with Crippen LogP contribution in [-0.4, -0.2) is 16.1 Å². The van der Waals surface area contributed by atoms with E-state index in [0.29, 0.717) is 6.54 Å². The van der Waals surface area contributed by atoms with Crippen molar-refractivity contribution in [2.75, 3.05) is 0 Å². The van der Waals surface area contributed by atoms with Gasteiger partial charge in [-0.3, -0.25) is 9.89 Å². The first-order chi connectivity index (χ1) is 9.33. The van der Waals surface area contributed by atoms with Crippen LogP contribution in [-0.2, 0) is 24.2 Å². The molecule has 0 aliphatic heterocycles. The number of aromatic amines is 1. The maximum Gasteiger partial charge on any atom is 0.223 e. The number of aryl methyl sites for hydroxylation is 1. The molecule has 4 nitrogen and oxygen atoms in total. The highest BCUT2D eigenvalue weighted by Gasteiger charge is 2.25. The Morgan fingerprint density at radius 3 is 3.05 bits per heavy atom. The number of nitrogens with one attached hydrogen (secondary N) is 2. The molecule has 3 rings (SSSR count). The Bertz CT molecular complexity index is 562. The number of carbonyl (C=O) groups is 1. The van der Waals surface area contributed by atoms with Crippen LogP contribution in [0.4, 0.5) is 0 Å². The van der Waals surface area contributed by atoms with Crippen LogP contribution >= 0.6 is 0 Å². The number of rotatable bonds is 3. The first-order valence-corrected chi connectivity index (χ1v) is 6.65. The number of carbonyl (C=O) groups excluding carboxylic acids is 1. The van der Waals surface area contributed by atoms with Crippen molar-refractivity contribution in [2.24, 2.45) is 5.92 Å². The molecule has 0 bridgehead atoms. The van der Waals surface area contributed by atoms with Crippen molar-refractivity contribution < 1.29 is 4.79 Å². The highest BCUT2D eigenvalue weighted by Crippen LogP contribution is 2.23. The summed E-state index contributed by atoms with van der Waals surface area (Å²) < 4.78 is 0. The average Bonchev–Trinajstić information content (AvgIpc) is 2.93. The molecule has 1 aromatic heterocycles. The van der Waals surface area contributed by atoms with Crippen LogP contribution < -0.4 is 5.32 Å². The van der Waals surface area contributed by atoms with Gasteiger partial charge in [-0.05, 0) is 30.4 Å². The van der Waals surface area contributed by atoms with E-state index in [2.05, 4.69) is 15.5 Å². The minimum Gasteiger partial charge on any atom is -0.352 e. The van der Waals surface area contributed by atoms with Crippen LogP contribution in [0.2, 0.25) is 0 Å². The maximum atomic E-state index is 12.2. The van der Waals surface area contributed by atoms with E-state index in [0.717, 1.165) is 24.8 Å². The van der Waals surface area contributed by atoms with Gasteiger partial charge in [0.2, 0.25) is 5.91 Å². The van der Waals surface area contributed by atoms with Gasteiger partial charge in [0.05, 0.1) is 6.20 Å². The molecule has 1 aromatic carbocycles. The van der Waals surface area contributed by atoms with Gasteiger partial charge < -0.3 is 5.32 Å². The normalized spacial score (nSPS) is 17.8. The van der Waals surface area contributed by atoms with Crippen molar-refractivity contribution >= 4 is 5.91 Å². The fourth-order valence-electron chi connectivity index (χ4n) is 2.57. The van der Waals surface area contributed by atoms with Crippen molar-refractivity contribution in [3.8, 4) is 0 Å². The summed E-state index contributed by atoms with van der Waals surface area (Å²) in [4.78, 5) is 12.2. The minimum atomic E-state index is 0.0776. The number of benzene rings is 1. The van der Waals surface area contributed by atoms with Gasteiger partial charge in [-0.25, -0.2) is 0 Å². The Balaban J connectivity index is 1.57.